The fourth-order valence-corrected chi connectivity index (χ4v) is 1.12. The predicted octanol–water partition coefficient (Wildman–Crippen LogP) is 1.48. The van der Waals surface area contributed by atoms with E-state index in [-0.39, 0.29) is 5.97 Å². The molecule has 0 aliphatic rings. The molecular weight excluding hydrogens is 194 g/mol. The number of hydrogen-bond acceptors (Lipinski definition) is 4. The first kappa shape index (κ1) is 14.4. The molecule has 0 saturated heterocycles. The zero-order valence-electron chi connectivity index (χ0n) is 9.67. The van der Waals surface area contributed by atoms with Crippen molar-refractivity contribution in [1.29, 1.82) is 0 Å². The van der Waals surface area contributed by atoms with Gasteiger partial charge in [0.1, 0.15) is 6.61 Å². The Labute approximate surface area is 92.1 Å². The summed E-state index contributed by atoms with van der Waals surface area (Å²) in [7, 11) is 0. The number of carbonyl (C=O) groups is 1. The highest BCUT2D eigenvalue weighted by atomic mass is 16.6. The van der Waals surface area contributed by atoms with Crippen molar-refractivity contribution in [3.63, 3.8) is 0 Å². The molecule has 15 heavy (non-hydrogen) atoms. The Morgan fingerprint density at radius 1 is 1.13 bits per heavy atom. The van der Waals surface area contributed by atoms with Crippen LogP contribution in [-0.4, -0.2) is 32.3 Å². The summed E-state index contributed by atoms with van der Waals surface area (Å²) in [5, 5.41) is 0. The summed E-state index contributed by atoms with van der Waals surface area (Å²) in [6.07, 6.45) is 4.33. The number of carbonyl (C=O) groups excluding carboxylic acids is 1. The van der Waals surface area contributed by atoms with E-state index in [4.69, 9.17) is 15.2 Å². The summed E-state index contributed by atoms with van der Waals surface area (Å²) in [4.78, 5) is 11.1. The molecule has 0 rings (SSSR count). The molecule has 2 N–H and O–H groups in total. The minimum Gasteiger partial charge on any atom is -0.463 e. The van der Waals surface area contributed by atoms with Gasteiger partial charge in [-0.05, 0) is 25.8 Å². The van der Waals surface area contributed by atoms with E-state index in [0.717, 1.165) is 32.3 Å². The molecule has 0 amide bonds. The van der Waals surface area contributed by atoms with Crippen LogP contribution in [0.5, 0.6) is 0 Å². The van der Waals surface area contributed by atoms with E-state index in [2.05, 4.69) is 0 Å². The Bertz CT molecular complexity index is 151. The van der Waals surface area contributed by atoms with Gasteiger partial charge < -0.3 is 15.2 Å². The predicted molar refractivity (Wildman–Crippen MR) is 59.6 cm³/mol. The molecule has 0 aromatic heterocycles. The van der Waals surface area contributed by atoms with Gasteiger partial charge in [0.15, 0.2) is 0 Å². The van der Waals surface area contributed by atoms with E-state index in [9.17, 15) is 4.79 Å². The molecule has 0 fully saturated rings. The summed E-state index contributed by atoms with van der Waals surface area (Å²) in [5.74, 6) is -0.132. The third kappa shape index (κ3) is 11.3. The number of esters is 1. The SMILES string of the molecule is CCCOCCOC(=O)CCCCCN. The lowest BCUT2D eigenvalue weighted by molar-refractivity contribution is -0.145. The van der Waals surface area contributed by atoms with Gasteiger partial charge in [0.25, 0.3) is 0 Å². The van der Waals surface area contributed by atoms with Crippen LogP contribution in [0.3, 0.4) is 0 Å². The highest BCUT2D eigenvalue weighted by molar-refractivity contribution is 5.69. The quantitative estimate of drug-likeness (QED) is 0.444. The van der Waals surface area contributed by atoms with Crippen LogP contribution < -0.4 is 5.73 Å². The Kier molecular flexibility index (Phi) is 11.0. The molecule has 0 saturated carbocycles. The second-order valence-corrected chi connectivity index (χ2v) is 3.43. The lowest BCUT2D eigenvalue weighted by atomic mass is 10.2. The molecule has 90 valence electrons. The zero-order chi connectivity index (χ0) is 11.4. The van der Waals surface area contributed by atoms with Gasteiger partial charge in [0.05, 0.1) is 6.61 Å². The van der Waals surface area contributed by atoms with Crippen molar-refractivity contribution < 1.29 is 14.3 Å². The van der Waals surface area contributed by atoms with E-state index in [1.54, 1.807) is 0 Å². The van der Waals surface area contributed by atoms with E-state index in [1.165, 1.54) is 0 Å². The number of nitrogens with two attached hydrogens (primary N) is 1. The zero-order valence-corrected chi connectivity index (χ0v) is 9.67. The van der Waals surface area contributed by atoms with Crippen LogP contribution in [0.2, 0.25) is 0 Å². The molecular formula is C11H23NO3. The summed E-state index contributed by atoms with van der Waals surface area (Å²) < 4.78 is 10.2. The molecule has 0 aromatic rings. The fourth-order valence-electron chi connectivity index (χ4n) is 1.12. The largest absolute Gasteiger partial charge is 0.463 e. The van der Waals surface area contributed by atoms with Crippen LogP contribution in [0.15, 0.2) is 0 Å². The van der Waals surface area contributed by atoms with Gasteiger partial charge in [0.2, 0.25) is 0 Å². The molecule has 4 nitrogen and oxygen atoms in total. The Morgan fingerprint density at radius 2 is 1.93 bits per heavy atom. The minimum absolute atomic E-state index is 0.132. The maximum Gasteiger partial charge on any atom is 0.305 e. The van der Waals surface area contributed by atoms with Crippen LogP contribution in [0, 0.1) is 0 Å². The fraction of sp³-hybridized carbons (Fsp3) is 0.909. The first-order valence-corrected chi connectivity index (χ1v) is 5.74. The van der Waals surface area contributed by atoms with Gasteiger partial charge in [-0.25, -0.2) is 0 Å². The summed E-state index contributed by atoms with van der Waals surface area (Å²) in [6.45, 7) is 4.34. The first-order valence-electron chi connectivity index (χ1n) is 5.74. The second-order valence-electron chi connectivity index (χ2n) is 3.43. The van der Waals surface area contributed by atoms with Crippen molar-refractivity contribution in [3.8, 4) is 0 Å². The molecule has 0 aliphatic heterocycles. The number of unbranched alkanes of at least 4 members (excludes halogenated alkanes) is 2. The van der Waals surface area contributed by atoms with Gasteiger partial charge in [-0.3, -0.25) is 4.79 Å². The standard InChI is InChI=1S/C11H23NO3/c1-2-8-14-9-10-15-11(13)6-4-3-5-7-12/h2-10,12H2,1H3. The van der Waals surface area contributed by atoms with Crippen molar-refractivity contribution in [2.24, 2.45) is 5.73 Å². The van der Waals surface area contributed by atoms with E-state index >= 15 is 0 Å². The average molecular weight is 217 g/mol. The third-order valence-electron chi connectivity index (χ3n) is 1.92. The first-order chi connectivity index (χ1) is 7.31. The lowest BCUT2D eigenvalue weighted by Gasteiger charge is -2.05. The van der Waals surface area contributed by atoms with Gasteiger partial charge in [0, 0.05) is 13.0 Å². The monoisotopic (exact) mass is 217 g/mol. The molecule has 4 heteroatoms. The molecule has 0 spiro atoms. The van der Waals surface area contributed by atoms with Crippen molar-refractivity contribution in [2.45, 2.75) is 39.0 Å². The van der Waals surface area contributed by atoms with Gasteiger partial charge in [-0.15, -0.1) is 0 Å². The van der Waals surface area contributed by atoms with Crippen molar-refractivity contribution in [2.75, 3.05) is 26.4 Å². The Morgan fingerprint density at radius 3 is 2.60 bits per heavy atom. The second kappa shape index (κ2) is 11.5. The Hall–Kier alpha value is -0.610. The molecule has 0 unspecified atom stereocenters. The number of rotatable bonds is 10. The maximum absolute atomic E-state index is 11.1. The number of hydrogen-bond donors (Lipinski definition) is 1. The van der Waals surface area contributed by atoms with Crippen LogP contribution in [0.1, 0.15) is 39.0 Å². The van der Waals surface area contributed by atoms with E-state index < -0.39 is 0 Å². The van der Waals surface area contributed by atoms with Crippen molar-refractivity contribution >= 4 is 5.97 Å². The normalized spacial score (nSPS) is 10.3. The topological polar surface area (TPSA) is 61.5 Å². The molecule has 0 bridgehead atoms. The van der Waals surface area contributed by atoms with Crippen LogP contribution in [0.4, 0.5) is 0 Å². The molecule has 0 atom stereocenters. The number of ether oxygens (including phenoxy) is 2. The summed E-state index contributed by atoms with van der Waals surface area (Å²) in [6, 6.07) is 0. The van der Waals surface area contributed by atoms with Gasteiger partial charge in [-0.1, -0.05) is 13.3 Å². The third-order valence-corrected chi connectivity index (χ3v) is 1.92. The minimum atomic E-state index is -0.132. The Balaban J connectivity index is 3.11. The summed E-state index contributed by atoms with van der Waals surface area (Å²) >= 11 is 0. The van der Waals surface area contributed by atoms with Gasteiger partial charge in [-0.2, -0.15) is 0 Å². The van der Waals surface area contributed by atoms with Crippen LogP contribution >= 0.6 is 0 Å². The lowest BCUT2D eigenvalue weighted by Crippen LogP contribution is -2.10. The maximum atomic E-state index is 11.1. The molecule has 0 aromatic carbocycles. The van der Waals surface area contributed by atoms with E-state index in [0.29, 0.717) is 26.2 Å². The molecule has 0 radical (unpaired) electrons. The molecule has 0 heterocycles. The molecule has 0 aliphatic carbocycles. The van der Waals surface area contributed by atoms with Gasteiger partial charge >= 0.3 is 5.97 Å². The van der Waals surface area contributed by atoms with E-state index in [1.807, 2.05) is 6.92 Å². The van der Waals surface area contributed by atoms with Crippen molar-refractivity contribution in [3.05, 3.63) is 0 Å². The average Bonchev–Trinajstić information content (AvgIpc) is 2.24. The highest BCUT2D eigenvalue weighted by Gasteiger charge is 2.01. The van der Waals surface area contributed by atoms with Crippen molar-refractivity contribution in [1.82, 2.24) is 0 Å². The van der Waals surface area contributed by atoms with Crippen LogP contribution in [0.25, 0.3) is 0 Å². The van der Waals surface area contributed by atoms with Crippen LogP contribution in [-0.2, 0) is 14.3 Å². The smallest absolute Gasteiger partial charge is 0.305 e. The highest BCUT2D eigenvalue weighted by Crippen LogP contribution is 2.00. The summed E-state index contributed by atoms with van der Waals surface area (Å²) in [5.41, 5.74) is 5.34.